The maximum absolute atomic E-state index is 9.71. The van der Waals surface area contributed by atoms with Crippen LogP contribution in [0.3, 0.4) is 0 Å². The van der Waals surface area contributed by atoms with Gasteiger partial charge in [-0.1, -0.05) is 30.3 Å². The standard InChI is InChI=1S/C18H30N4O.HI/c1-4-19-18(22-11-10-17(23)14-22)20-12-15(2)21(3)13-16-8-6-5-7-9-16;/h5-9,15,17,23H,4,10-14H2,1-3H3,(H,19,20);1H/t15?,17-;/m1./s1. The number of nitrogens with zero attached hydrogens (tertiary/aromatic N) is 3. The van der Waals surface area contributed by atoms with E-state index in [4.69, 9.17) is 4.99 Å². The summed E-state index contributed by atoms with van der Waals surface area (Å²) < 4.78 is 0. The maximum Gasteiger partial charge on any atom is 0.194 e. The molecule has 0 spiro atoms. The highest BCUT2D eigenvalue weighted by Gasteiger charge is 2.23. The Labute approximate surface area is 163 Å². The summed E-state index contributed by atoms with van der Waals surface area (Å²) in [5, 5.41) is 13.0. The van der Waals surface area contributed by atoms with Crippen LogP contribution in [0.1, 0.15) is 25.8 Å². The van der Waals surface area contributed by atoms with Gasteiger partial charge in [-0.2, -0.15) is 0 Å². The van der Waals surface area contributed by atoms with Gasteiger partial charge in [-0.15, -0.1) is 24.0 Å². The Balaban J connectivity index is 0.00000288. The van der Waals surface area contributed by atoms with E-state index in [1.807, 2.05) is 6.07 Å². The number of rotatable bonds is 6. The van der Waals surface area contributed by atoms with Gasteiger partial charge in [-0.05, 0) is 32.9 Å². The molecule has 2 N–H and O–H groups in total. The predicted molar refractivity (Wildman–Crippen MR) is 111 cm³/mol. The lowest BCUT2D eigenvalue weighted by Gasteiger charge is -2.25. The number of benzene rings is 1. The van der Waals surface area contributed by atoms with Crippen LogP contribution >= 0.6 is 24.0 Å². The predicted octanol–water partition coefficient (Wildman–Crippen LogP) is 2.16. The molecule has 6 heteroatoms. The summed E-state index contributed by atoms with van der Waals surface area (Å²) in [6, 6.07) is 10.9. The van der Waals surface area contributed by atoms with E-state index in [2.05, 4.69) is 60.3 Å². The number of halogens is 1. The number of aliphatic hydroxyl groups excluding tert-OH is 1. The fraction of sp³-hybridized carbons (Fsp3) is 0.611. The van der Waals surface area contributed by atoms with Gasteiger partial charge in [0.2, 0.25) is 0 Å². The number of aliphatic hydroxyl groups is 1. The number of likely N-dealkylation sites (N-methyl/N-ethyl adjacent to an activating group) is 1. The second-order valence-electron chi connectivity index (χ2n) is 6.33. The average molecular weight is 446 g/mol. The highest BCUT2D eigenvalue weighted by atomic mass is 127. The zero-order valence-corrected chi connectivity index (χ0v) is 17.3. The molecule has 0 aromatic heterocycles. The zero-order valence-electron chi connectivity index (χ0n) is 15.0. The van der Waals surface area contributed by atoms with Crippen LogP contribution in [-0.2, 0) is 6.54 Å². The molecule has 2 atom stereocenters. The van der Waals surface area contributed by atoms with E-state index in [0.717, 1.165) is 38.6 Å². The number of aliphatic imine (C=N–C) groups is 1. The molecule has 1 aliphatic heterocycles. The molecule has 0 bridgehead atoms. The number of hydrogen-bond donors (Lipinski definition) is 2. The molecule has 2 rings (SSSR count). The van der Waals surface area contributed by atoms with Crippen LogP contribution in [0.2, 0.25) is 0 Å². The van der Waals surface area contributed by atoms with E-state index in [9.17, 15) is 5.11 Å². The Morgan fingerprint density at radius 2 is 2.12 bits per heavy atom. The van der Waals surface area contributed by atoms with Gasteiger partial charge in [0.1, 0.15) is 0 Å². The third-order valence-electron chi connectivity index (χ3n) is 4.33. The first-order valence-electron chi connectivity index (χ1n) is 8.55. The average Bonchev–Trinajstić information content (AvgIpc) is 2.98. The molecule has 1 aromatic carbocycles. The van der Waals surface area contributed by atoms with Gasteiger partial charge >= 0.3 is 0 Å². The molecule has 24 heavy (non-hydrogen) atoms. The number of hydrogen-bond acceptors (Lipinski definition) is 3. The van der Waals surface area contributed by atoms with Gasteiger partial charge in [-0.25, -0.2) is 0 Å². The third-order valence-corrected chi connectivity index (χ3v) is 4.33. The summed E-state index contributed by atoms with van der Waals surface area (Å²) in [6.07, 6.45) is 0.602. The molecular weight excluding hydrogens is 415 g/mol. The number of nitrogens with one attached hydrogen (secondary N) is 1. The minimum Gasteiger partial charge on any atom is -0.391 e. The maximum atomic E-state index is 9.71. The van der Waals surface area contributed by atoms with E-state index < -0.39 is 0 Å². The molecule has 1 fully saturated rings. The van der Waals surface area contributed by atoms with Crippen molar-refractivity contribution < 1.29 is 5.11 Å². The summed E-state index contributed by atoms with van der Waals surface area (Å²) in [5.74, 6) is 0.920. The molecule has 1 heterocycles. The fourth-order valence-corrected chi connectivity index (χ4v) is 2.75. The largest absolute Gasteiger partial charge is 0.391 e. The van der Waals surface area contributed by atoms with Crippen LogP contribution in [0.25, 0.3) is 0 Å². The molecular formula is C18H31IN4O. The first-order valence-corrected chi connectivity index (χ1v) is 8.55. The summed E-state index contributed by atoms with van der Waals surface area (Å²) in [4.78, 5) is 9.24. The van der Waals surface area contributed by atoms with Crippen molar-refractivity contribution in [1.29, 1.82) is 0 Å². The summed E-state index contributed by atoms with van der Waals surface area (Å²) in [7, 11) is 2.14. The van der Waals surface area contributed by atoms with Crippen molar-refractivity contribution >= 4 is 29.9 Å². The van der Waals surface area contributed by atoms with Crippen molar-refractivity contribution in [3.63, 3.8) is 0 Å². The van der Waals surface area contributed by atoms with Crippen molar-refractivity contribution in [1.82, 2.24) is 15.1 Å². The second kappa shape index (κ2) is 10.9. The third kappa shape index (κ3) is 6.57. The normalized spacial score (nSPS) is 19.3. The van der Waals surface area contributed by atoms with Gasteiger partial charge in [-0.3, -0.25) is 9.89 Å². The molecule has 1 aliphatic rings. The van der Waals surface area contributed by atoms with Gasteiger partial charge in [0.05, 0.1) is 12.6 Å². The van der Waals surface area contributed by atoms with E-state index in [-0.39, 0.29) is 30.1 Å². The lowest BCUT2D eigenvalue weighted by Crippen LogP contribution is -2.41. The van der Waals surface area contributed by atoms with E-state index in [0.29, 0.717) is 12.6 Å². The second-order valence-corrected chi connectivity index (χ2v) is 6.33. The summed E-state index contributed by atoms with van der Waals surface area (Å²) >= 11 is 0. The topological polar surface area (TPSA) is 51.1 Å². The first kappa shape index (κ1) is 21.2. The molecule has 0 radical (unpaired) electrons. The molecule has 5 nitrogen and oxygen atoms in total. The Morgan fingerprint density at radius 3 is 2.71 bits per heavy atom. The smallest absolute Gasteiger partial charge is 0.194 e. The Bertz CT molecular complexity index is 497. The monoisotopic (exact) mass is 446 g/mol. The lowest BCUT2D eigenvalue weighted by molar-refractivity contribution is 0.187. The van der Waals surface area contributed by atoms with Gasteiger partial charge in [0.25, 0.3) is 0 Å². The van der Waals surface area contributed by atoms with Gasteiger partial charge < -0.3 is 15.3 Å². The van der Waals surface area contributed by atoms with Crippen LogP contribution in [0.4, 0.5) is 0 Å². The van der Waals surface area contributed by atoms with E-state index >= 15 is 0 Å². The molecule has 136 valence electrons. The number of guanidine groups is 1. The number of β-amino-alcohol motifs (C(OH)–C–C–N with tert-alkyl or cyclic N) is 1. The zero-order chi connectivity index (χ0) is 16.7. The van der Waals surface area contributed by atoms with Crippen LogP contribution in [0, 0.1) is 0 Å². The van der Waals surface area contributed by atoms with Gasteiger partial charge in [0, 0.05) is 32.2 Å². The van der Waals surface area contributed by atoms with Crippen molar-refractivity contribution in [3.05, 3.63) is 35.9 Å². The summed E-state index contributed by atoms with van der Waals surface area (Å²) in [6.45, 7) is 8.36. The van der Waals surface area contributed by atoms with Crippen molar-refractivity contribution in [2.75, 3.05) is 33.2 Å². The van der Waals surface area contributed by atoms with E-state index in [1.165, 1.54) is 5.56 Å². The Kier molecular flexibility index (Phi) is 9.61. The highest BCUT2D eigenvalue weighted by Crippen LogP contribution is 2.10. The Hall–Kier alpha value is -0.860. The van der Waals surface area contributed by atoms with E-state index in [1.54, 1.807) is 0 Å². The van der Waals surface area contributed by atoms with Gasteiger partial charge in [0.15, 0.2) is 5.96 Å². The lowest BCUT2D eigenvalue weighted by atomic mass is 10.2. The van der Waals surface area contributed by atoms with Crippen LogP contribution in [0.5, 0.6) is 0 Å². The van der Waals surface area contributed by atoms with Crippen LogP contribution in [0.15, 0.2) is 35.3 Å². The molecule has 0 amide bonds. The molecule has 0 saturated carbocycles. The summed E-state index contributed by atoms with van der Waals surface area (Å²) in [5.41, 5.74) is 1.32. The Morgan fingerprint density at radius 1 is 1.42 bits per heavy atom. The van der Waals surface area contributed by atoms with Crippen LogP contribution in [-0.4, -0.2) is 66.2 Å². The van der Waals surface area contributed by atoms with Crippen molar-refractivity contribution in [3.8, 4) is 0 Å². The molecule has 1 aromatic rings. The first-order chi connectivity index (χ1) is 11.1. The molecule has 1 unspecified atom stereocenters. The quantitative estimate of drug-likeness (QED) is 0.400. The van der Waals surface area contributed by atoms with Crippen molar-refractivity contribution in [2.24, 2.45) is 4.99 Å². The highest BCUT2D eigenvalue weighted by molar-refractivity contribution is 14.0. The molecule has 1 saturated heterocycles. The number of likely N-dealkylation sites (tertiary alicyclic amines) is 1. The van der Waals surface area contributed by atoms with Crippen molar-refractivity contribution in [2.45, 2.75) is 39.0 Å². The minimum atomic E-state index is -0.225. The fourth-order valence-electron chi connectivity index (χ4n) is 2.75. The minimum absolute atomic E-state index is 0. The SMILES string of the molecule is CCNC(=NCC(C)N(C)Cc1ccccc1)N1CC[C@@H](O)C1.I. The molecule has 0 aliphatic carbocycles. The van der Waals surface area contributed by atoms with Crippen LogP contribution < -0.4 is 5.32 Å².